The number of hydrogen-bond donors (Lipinski definition) is 2. The third-order valence-electron chi connectivity index (χ3n) is 2.19. The van der Waals surface area contributed by atoms with Gasteiger partial charge in [0.2, 0.25) is 0 Å². The van der Waals surface area contributed by atoms with Crippen LogP contribution in [0.4, 0.5) is 4.39 Å². The smallest absolute Gasteiger partial charge is 0.328 e. The van der Waals surface area contributed by atoms with Crippen LogP contribution < -0.4 is 5.32 Å². The third-order valence-corrected chi connectivity index (χ3v) is 2.19. The normalized spacial score (nSPS) is 11.7. The fourth-order valence-electron chi connectivity index (χ4n) is 1.29. The molecule has 1 unspecified atom stereocenters. The molecule has 0 aliphatic rings. The Bertz CT molecular complexity index is 461. The van der Waals surface area contributed by atoms with E-state index in [0.717, 1.165) is 18.2 Å². The first-order valence-corrected chi connectivity index (χ1v) is 5.41. The van der Waals surface area contributed by atoms with Gasteiger partial charge >= 0.3 is 5.97 Å². The number of aromatic hydroxyl groups is 1. The molecule has 0 aliphatic carbocycles. The molecule has 0 aromatic heterocycles. The van der Waals surface area contributed by atoms with Crippen LogP contribution in [0.5, 0.6) is 5.75 Å². The first-order chi connectivity index (χ1) is 8.45. The lowest BCUT2D eigenvalue weighted by Gasteiger charge is -2.13. The number of benzene rings is 1. The maximum Gasteiger partial charge on any atom is 0.328 e. The first kappa shape index (κ1) is 14.0. The lowest BCUT2D eigenvalue weighted by molar-refractivity contribution is -0.144. The van der Waals surface area contributed by atoms with Gasteiger partial charge in [0.05, 0.1) is 12.2 Å². The Labute approximate surface area is 104 Å². The Morgan fingerprint density at radius 3 is 2.78 bits per heavy atom. The Hall–Kier alpha value is -2.11. The van der Waals surface area contributed by atoms with Crippen LogP contribution in [0.1, 0.15) is 24.2 Å². The lowest BCUT2D eigenvalue weighted by Crippen LogP contribution is -2.39. The fourth-order valence-corrected chi connectivity index (χ4v) is 1.29. The molecule has 18 heavy (non-hydrogen) atoms. The van der Waals surface area contributed by atoms with Crippen LogP contribution in [-0.4, -0.2) is 29.6 Å². The van der Waals surface area contributed by atoms with E-state index in [9.17, 15) is 19.1 Å². The van der Waals surface area contributed by atoms with E-state index in [1.807, 2.05) is 0 Å². The largest absolute Gasteiger partial charge is 0.507 e. The van der Waals surface area contributed by atoms with Gasteiger partial charge in [-0.1, -0.05) is 0 Å². The summed E-state index contributed by atoms with van der Waals surface area (Å²) in [5, 5.41) is 11.7. The number of phenolic OH excluding ortho intramolecular Hbond substituents is 1. The molecule has 0 radical (unpaired) electrons. The lowest BCUT2D eigenvalue weighted by atomic mass is 10.1. The monoisotopic (exact) mass is 255 g/mol. The van der Waals surface area contributed by atoms with Crippen LogP contribution in [-0.2, 0) is 9.53 Å². The Morgan fingerprint density at radius 2 is 2.17 bits per heavy atom. The summed E-state index contributed by atoms with van der Waals surface area (Å²) in [5.41, 5.74) is -0.230. The van der Waals surface area contributed by atoms with Gasteiger partial charge in [-0.3, -0.25) is 4.79 Å². The molecule has 0 fully saturated rings. The van der Waals surface area contributed by atoms with E-state index < -0.39 is 23.7 Å². The zero-order valence-electron chi connectivity index (χ0n) is 10.1. The zero-order chi connectivity index (χ0) is 13.7. The second-order valence-corrected chi connectivity index (χ2v) is 3.61. The van der Waals surface area contributed by atoms with E-state index in [0.29, 0.717) is 0 Å². The van der Waals surface area contributed by atoms with Gasteiger partial charge in [0.15, 0.2) is 0 Å². The van der Waals surface area contributed by atoms with E-state index in [2.05, 4.69) is 5.32 Å². The van der Waals surface area contributed by atoms with E-state index in [1.165, 1.54) is 6.92 Å². The van der Waals surface area contributed by atoms with Crippen molar-refractivity contribution in [2.24, 2.45) is 0 Å². The number of ether oxygens (including phenoxy) is 1. The molecule has 1 atom stereocenters. The molecule has 0 saturated carbocycles. The van der Waals surface area contributed by atoms with Gasteiger partial charge in [-0.15, -0.1) is 0 Å². The number of esters is 1. The predicted molar refractivity (Wildman–Crippen MR) is 61.6 cm³/mol. The summed E-state index contributed by atoms with van der Waals surface area (Å²) in [5.74, 6) is -2.35. The van der Waals surface area contributed by atoms with Crippen LogP contribution in [0.25, 0.3) is 0 Å². The van der Waals surface area contributed by atoms with Crippen LogP contribution in [0.15, 0.2) is 18.2 Å². The summed E-state index contributed by atoms with van der Waals surface area (Å²) in [7, 11) is 0. The summed E-state index contributed by atoms with van der Waals surface area (Å²) in [6.07, 6.45) is 0. The highest BCUT2D eigenvalue weighted by atomic mass is 19.1. The fraction of sp³-hybridized carbons (Fsp3) is 0.333. The van der Waals surface area contributed by atoms with Gasteiger partial charge < -0.3 is 15.2 Å². The average molecular weight is 255 g/mol. The average Bonchev–Trinajstić information content (AvgIpc) is 2.32. The van der Waals surface area contributed by atoms with Gasteiger partial charge in [-0.2, -0.15) is 0 Å². The van der Waals surface area contributed by atoms with Gasteiger partial charge in [0.1, 0.15) is 17.6 Å². The maximum atomic E-state index is 12.9. The van der Waals surface area contributed by atoms with Crippen molar-refractivity contribution in [3.05, 3.63) is 29.6 Å². The van der Waals surface area contributed by atoms with Crippen molar-refractivity contribution in [2.45, 2.75) is 19.9 Å². The van der Waals surface area contributed by atoms with Gasteiger partial charge in [-0.25, -0.2) is 9.18 Å². The van der Waals surface area contributed by atoms with Crippen molar-refractivity contribution >= 4 is 11.9 Å². The minimum atomic E-state index is -0.875. The molecule has 1 aromatic rings. The molecule has 1 amide bonds. The highest BCUT2D eigenvalue weighted by molar-refractivity contribution is 5.98. The van der Waals surface area contributed by atoms with Crippen molar-refractivity contribution in [3.8, 4) is 5.75 Å². The van der Waals surface area contributed by atoms with Crippen LogP contribution in [0.2, 0.25) is 0 Å². The maximum absolute atomic E-state index is 12.9. The van der Waals surface area contributed by atoms with E-state index in [4.69, 9.17) is 4.74 Å². The van der Waals surface area contributed by atoms with Crippen molar-refractivity contribution in [1.82, 2.24) is 5.32 Å². The summed E-state index contributed by atoms with van der Waals surface area (Å²) >= 11 is 0. The van der Waals surface area contributed by atoms with Gasteiger partial charge in [0, 0.05) is 0 Å². The van der Waals surface area contributed by atoms with Crippen LogP contribution >= 0.6 is 0 Å². The number of amides is 1. The minimum Gasteiger partial charge on any atom is -0.507 e. The number of halogens is 1. The van der Waals surface area contributed by atoms with Crippen molar-refractivity contribution in [1.29, 1.82) is 0 Å². The molecule has 6 heteroatoms. The van der Waals surface area contributed by atoms with Crippen molar-refractivity contribution < 1.29 is 23.8 Å². The quantitative estimate of drug-likeness (QED) is 0.793. The molecule has 0 saturated heterocycles. The highest BCUT2D eigenvalue weighted by Crippen LogP contribution is 2.17. The minimum absolute atomic E-state index is 0.199. The molecule has 0 spiro atoms. The van der Waals surface area contributed by atoms with Crippen LogP contribution in [0.3, 0.4) is 0 Å². The molecule has 5 nitrogen and oxygen atoms in total. The SMILES string of the molecule is CCOC(=O)C(C)NC(=O)c1cc(F)ccc1O. The molecule has 0 bridgehead atoms. The van der Waals surface area contributed by atoms with Gasteiger partial charge in [-0.05, 0) is 32.0 Å². The van der Waals surface area contributed by atoms with Gasteiger partial charge in [0.25, 0.3) is 5.91 Å². The number of rotatable bonds is 4. The molecule has 0 aliphatic heterocycles. The van der Waals surface area contributed by atoms with Crippen molar-refractivity contribution in [3.63, 3.8) is 0 Å². The van der Waals surface area contributed by atoms with E-state index >= 15 is 0 Å². The summed E-state index contributed by atoms with van der Waals surface area (Å²) in [4.78, 5) is 23.0. The number of nitrogens with one attached hydrogen (secondary N) is 1. The number of phenols is 1. The molecular formula is C12H14FNO4. The molecule has 2 N–H and O–H groups in total. The summed E-state index contributed by atoms with van der Waals surface area (Å²) < 4.78 is 17.6. The standard InChI is InChI=1S/C12H14FNO4/c1-3-18-12(17)7(2)14-11(16)9-6-8(13)4-5-10(9)15/h4-7,15H,3H2,1-2H3,(H,14,16). The first-order valence-electron chi connectivity index (χ1n) is 5.41. The van der Waals surface area contributed by atoms with E-state index in [1.54, 1.807) is 6.92 Å². The second-order valence-electron chi connectivity index (χ2n) is 3.61. The summed E-state index contributed by atoms with van der Waals surface area (Å²) in [6.45, 7) is 3.28. The Kier molecular flexibility index (Phi) is 4.65. The Morgan fingerprint density at radius 1 is 1.50 bits per heavy atom. The zero-order valence-corrected chi connectivity index (χ0v) is 10.1. The predicted octanol–water partition coefficient (Wildman–Crippen LogP) is 1.21. The number of carbonyl (C=O) groups excluding carboxylic acids is 2. The number of carbonyl (C=O) groups is 2. The molecule has 1 rings (SSSR count). The molecule has 98 valence electrons. The van der Waals surface area contributed by atoms with Crippen molar-refractivity contribution in [2.75, 3.05) is 6.61 Å². The Balaban J connectivity index is 2.76. The van der Waals surface area contributed by atoms with Crippen LogP contribution in [0, 0.1) is 5.82 Å². The topological polar surface area (TPSA) is 75.6 Å². The highest BCUT2D eigenvalue weighted by Gasteiger charge is 2.19. The second kappa shape index (κ2) is 6.00. The molecule has 1 aromatic carbocycles. The number of hydrogen-bond acceptors (Lipinski definition) is 4. The molecular weight excluding hydrogens is 241 g/mol. The molecule has 0 heterocycles. The van der Waals surface area contributed by atoms with E-state index in [-0.39, 0.29) is 17.9 Å². The third kappa shape index (κ3) is 3.44. The summed E-state index contributed by atoms with van der Waals surface area (Å²) in [6, 6.07) is 2.11.